The SMILES string of the molecule is C1=NO1.Cc1cccc(OCC(C#N)c2ccccc2)c1. The Morgan fingerprint density at radius 2 is 1.90 bits per heavy atom. The van der Waals surface area contributed by atoms with Gasteiger partial charge in [-0.2, -0.15) is 5.26 Å². The number of ether oxygens (including phenoxy) is 1. The Kier molecular flexibility index (Phi) is 5.36. The highest BCUT2D eigenvalue weighted by Gasteiger charge is 2.10. The molecule has 3 rings (SSSR count). The van der Waals surface area contributed by atoms with E-state index in [1.165, 1.54) is 6.40 Å². The number of hydrogen-bond donors (Lipinski definition) is 0. The van der Waals surface area contributed by atoms with Crippen LogP contribution in [0.25, 0.3) is 0 Å². The molecule has 21 heavy (non-hydrogen) atoms. The average Bonchev–Trinajstić information content (AvgIpc) is 3.38. The van der Waals surface area contributed by atoms with Crippen LogP contribution >= 0.6 is 0 Å². The number of oxime groups is 1. The molecule has 0 fully saturated rings. The van der Waals surface area contributed by atoms with E-state index in [2.05, 4.69) is 16.1 Å². The molecule has 0 aliphatic carbocycles. The van der Waals surface area contributed by atoms with E-state index in [4.69, 9.17) is 4.74 Å². The van der Waals surface area contributed by atoms with E-state index < -0.39 is 0 Å². The highest BCUT2D eigenvalue weighted by atomic mass is 16.7. The molecular weight excluding hydrogens is 264 g/mol. The first-order chi connectivity index (χ1) is 10.3. The maximum Gasteiger partial charge on any atom is 0.249 e. The van der Waals surface area contributed by atoms with Crippen molar-refractivity contribution in [2.45, 2.75) is 12.8 Å². The van der Waals surface area contributed by atoms with Gasteiger partial charge in [-0.1, -0.05) is 42.5 Å². The Morgan fingerprint density at radius 3 is 2.48 bits per heavy atom. The van der Waals surface area contributed by atoms with Crippen LogP contribution in [-0.4, -0.2) is 13.0 Å². The lowest BCUT2D eigenvalue weighted by Gasteiger charge is -2.11. The fraction of sp³-hybridized carbons (Fsp3) is 0.176. The third-order valence-electron chi connectivity index (χ3n) is 2.87. The fourth-order valence-corrected chi connectivity index (χ4v) is 1.78. The van der Waals surface area contributed by atoms with Crippen LogP contribution in [-0.2, 0) is 4.84 Å². The van der Waals surface area contributed by atoms with E-state index in [0.717, 1.165) is 16.9 Å². The van der Waals surface area contributed by atoms with Gasteiger partial charge in [-0.05, 0) is 35.3 Å². The highest BCUT2D eigenvalue weighted by Crippen LogP contribution is 2.18. The first kappa shape index (κ1) is 14.6. The van der Waals surface area contributed by atoms with E-state index in [1.54, 1.807) is 0 Å². The molecule has 0 bridgehead atoms. The summed E-state index contributed by atoms with van der Waals surface area (Å²) in [5, 5.41) is 12.3. The van der Waals surface area contributed by atoms with Gasteiger partial charge in [0.1, 0.15) is 18.3 Å². The van der Waals surface area contributed by atoms with E-state index >= 15 is 0 Å². The molecule has 4 nitrogen and oxygen atoms in total. The molecule has 1 aliphatic heterocycles. The lowest BCUT2D eigenvalue weighted by molar-refractivity contribution is 0.308. The largest absolute Gasteiger partial charge is 0.492 e. The summed E-state index contributed by atoms with van der Waals surface area (Å²) in [6.07, 6.45) is 1.38. The third-order valence-corrected chi connectivity index (χ3v) is 2.87. The van der Waals surface area contributed by atoms with Crippen LogP contribution in [0.3, 0.4) is 0 Å². The zero-order valence-corrected chi connectivity index (χ0v) is 11.8. The lowest BCUT2D eigenvalue weighted by Crippen LogP contribution is -2.08. The summed E-state index contributed by atoms with van der Waals surface area (Å²) in [5.74, 6) is 0.581. The van der Waals surface area contributed by atoms with Gasteiger partial charge in [0.05, 0.1) is 6.07 Å². The minimum atomic E-state index is -0.230. The number of benzene rings is 2. The van der Waals surface area contributed by atoms with Crippen molar-refractivity contribution in [3.63, 3.8) is 0 Å². The van der Waals surface area contributed by atoms with Crippen molar-refractivity contribution in [3.05, 3.63) is 65.7 Å². The van der Waals surface area contributed by atoms with Crippen molar-refractivity contribution in [2.75, 3.05) is 6.61 Å². The number of nitrogens with zero attached hydrogens (tertiary/aromatic N) is 2. The first-order valence-electron chi connectivity index (χ1n) is 6.61. The second-order valence-corrected chi connectivity index (χ2v) is 4.54. The average molecular weight is 280 g/mol. The molecule has 0 amide bonds. The Hall–Kier alpha value is -2.80. The summed E-state index contributed by atoms with van der Waals surface area (Å²) >= 11 is 0. The summed E-state index contributed by atoms with van der Waals surface area (Å²) < 4.78 is 5.67. The predicted molar refractivity (Wildman–Crippen MR) is 81.0 cm³/mol. The molecule has 0 spiro atoms. The van der Waals surface area contributed by atoms with E-state index in [1.807, 2.05) is 61.5 Å². The summed E-state index contributed by atoms with van der Waals surface area (Å²) in [7, 11) is 0. The van der Waals surface area contributed by atoms with Crippen LogP contribution in [0.1, 0.15) is 17.0 Å². The third kappa shape index (κ3) is 5.37. The molecule has 106 valence electrons. The van der Waals surface area contributed by atoms with Crippen LogP contribution < -0.4 is 4.74 Å². The first-order valence-corrected chi connectivity index (χ1v) is 6.61. The molecule has 2 aromatic carbocycles. The van der Waals surface area contributed by atoms with Gasteiger partial charge in [0.25, 0.3) is 0 Å². The van der Waals surface area contributed by atoms with Crippen molar-refractivity contribution < 1.29 is 9.57 Å². The molecule has 1 aliphatic rings. The zero-order valence-electron chi connectivity index (χ0n) is 11.8. The molecule has 1 atom stereocenters. The maximum atomic E-state index is 9.18. The minimum absolute atomic E-state index is 0.230. The topological polar surface area (TPSA) is 57.9 Å². The van der Waals surface area contributed by atoms with Crippen LogP contribution in [0, 0.1) is 18.3 Å². The molecule has 1 heterocycles. The summed E-state index contributed by atoms with van der Waals surface area (Å²) in [5.41, 5.74) is 2.15. The number of nitriles is 1. The second kappa shape index (κ2) is 7.71. The van der Waals surface area contributed by atoms with Gasteiger partial charge in [-0.25, -0.2) is 0 Å². The van der Waals surface area contributed by atoms with Gasteiger partial charge >= 0.3 is 0 Å². The molecule has 2 aromatic rings. The van der Waals surface area contributed by atoms with Crippen LogP contribution in [0.15, 0.2) is 59.8 Å². The molecule has 0 radical (unpaired) electrons. The molecule has 0 aromatic heterocycles. The highest BCUT2D eigenvalue weighted by molar-refractivity contribution is 5.53. The number of aryl methyl sites for hydroxylation is 1. The molecular formula is C17H16N2O2. The summed E-state index contributed by atoms with van der Waals surface area (Å²) in [4.78, 5) is 4.00. The molecule has 0 saturated carbocycles. The molecule has 0 N–H and O–H groups in total. The van der Waals surface area contributed by atoms with Gasteiger partial charge in [-0.3, -0.25) is 0 Å². The van der Waals surface area contributed by atoms with E-state index in [-0.39, 0.29) is 5.92 Å². The van der Waals surface area contributed by atoms with Crippen LogP contribution in [0.2, 0.25) is 0 Å². The number of rotatable bonds is 4. The van der Waals surface area contributed by atoms with E-state index in [9.17, 15) is 5.26 Å². The second-order valence-electron chi connectivity index (χ2n) is 4.54. The Labute approximate surface area is 124 Å². The van der Waals surface area contributed by atoms with Crippen molar-refractivity contribution in [1.29, 1.82) is 5.26 Å². The van der Waals surface area contributed by atoms with Gasteiger partial charge < -0.3 is 9.57 Å². The maximum absolute atomic E-state index is 9.18. The van der Waals surface area contributed by atoms with Crippen molar-refractivity contribution >= 4 is 6.40 Å². The Morgan fingerprint density at radius 1 is 1.19 bits per heavy atom. The van der Waals surface area contributed by atoms with Gasteiger partial charge in [0.15, 0.2) is 0 Å². The summed E-state index contributed by atoms with van der Waals surface area (Å²) in [6.45, 7) is 2.40. The minimum Gasteiger partial charge on any atom is -0.492 e. The number of hydrogen-bond acceptors (Lipinski definition) is 4. The van der Waals surface area contributed by atoms with Gasteiger partial charge in [0.2, 0.25) is 6.40 Å². The quantitative estimate of drug-likeness (QED) is 0.859. The standard InChI is InChI=1S/C16H15NO.CHNO/c1-13-6-5-9-16(10-13)18-12-15(11-17)14-7-3-2-4-8-14;1-2-3-1/h2-10,15H,12H2,1H3;1H. The van der Waals surface area contributed by atoms with Crippen molar-refractivity contribution in [3.8, 4) is 11.8 Å². The summed E-state index contributed by atoms with van der Waals surface area (Å²) in [6, 6.07) is 19.9. The van der Waals surface area contributed by atoms with Crippen molar-refractivity contribution in [1.82, 2.24) is 0 Å². The fourth-order valence-electron chi connectivity index (χ4n) is 1.78. The zero-order chi connectivity index (χ0) is 14.9. The smallest absolute Gasteiger partial charge is 0.249 e. The van der Waals surface area contributed by atoms with E-state index in [0.29, 0.717) is 6.61 Å². The van der Waals surface area contributed by atoms with Crippen molar-refractivity contribution in [2.24, 2.45) is 5.16 Å². The molecule has 4 heteroatoms. The Balaban J connectivity index is 0.000000477. The van der Waals surface area contributed by atoms with Gasteiger partial charge in [0, 0.05) is 0 Å². The normalized spacial score (nSPS) is 12.2. The van der Waals surface area contributed by atoms with Crippen LogP contribution in [0.5, 0.6) is 5.75 Å². The van der Waals surface area contributed by atoms with Crippen LogP contribution in [0.4, 0.5) is 0 Å². The molecule has 1 unspecified atom stereocenters. The predicted octanol–water partition coefficient (Wildman–Crippen LogP) is 3.64. The monoisotopic (exact) mass is 280 g/mol. The lowest BCUT2D eigenvalue weighted by atomic mass is 10.0. The Bertz CT molecular complexity index is 629. The molecule has 0 saturated heterocycles. The van der Waals surface area contributed by atoms with Gasteiger partial charge in [-0.15, -0.1) is 0 Å².